The van der Waals surface area contributed by atoms with E-state index in [0.29, 0.717) is 5.02 Å². The summed E-state index contributed by atoms with van der Waals surface area (Å²) >= 11 is 7.05. The average Bonchev–Trinajstić information content (AvgIpc) is 2.82. The largest absolute Gasteiger partial charge is 0.478 e. The number of nitrogens with zero attached hydrogens (tertiary/aromatic N) is 1. The van der Waals surface area contributed by atoms with Crippen molar-refractivity contribution in [1.29, 1.82) is 5.26 Å². The molecule has 114 valence electrons. The summed E-state index contributed by atoms with van der Waals surface area (Å²) in [4.78, 5) is 12.0. The van der Waals surface area contributed by atoms with E-state index in [-0.39, 0.29) is 34.4 Å². The Morgan fingerprint density at radius 1 is 1.45 bits per heavy atom. The van der Waals surface area contributed by atoms with Crippen molar-refractivity contribution in [3.63, 3.8) is 0 Å². The molecule has 0 saturated heterocycles. The lowest BCUT2D eigenvalue weighted by molar-refractivity contribution is 0.0533. The van der Waals surface area contributed by atoms with Crippen LogP contribution in [0.3, 0.4) is 0 Å². The maximum absolute atomic E-state index is 11.8. The summed E-state index contributed by atoms with van der Waals surface area (Å²) in [5.74, 6) is -0.561. The van der Waals surface area contributed by atoms with Gasteiger partial charge in [0.05, 0.1) is 12.3 Å². The minimum absolute atomic E-state index is 0.0834. The highest BCUT2D eigenvalue weighted by Crippen LogP contribution is 2.38. The maximum atomic E-state index is 11.8. The molecule has 0 fully saturated rings. The lowest BCUT2D eigenvalue weighted by atomic mass is 10.2. The number of carbonyl (C=O) groups excluding carboxylic acids is 1. The number of nitrogen functional groups attached to an aromatic ring is 1. The Morgan fingerprint density at radius 2 is 2.18 bits per heavy atom. The molecule has 0 unspecified atom stereocenters. The molecule has 0 amide bonds. The van der Waals surface area contributed by atoms with Gasteiger partial charge in [-0.2, -0.15) is 5.26 Å². The second kappa shape index (κ2) is 7.16. The second-order valence-electron chi connectivity index (χ2n) is 4.22. The zero-order valence-corrected chi connectivity index (χ0v) is 13.3. The molecule has 0 bridgehead atoms. The quantitative estimate of drug-likeness (QED) is 0.843. The van der Waals surface area contributed by atoms with Crippen molar-refractivity contribution in [2.75, 3.05) is 12.3 Å². The Morgan fingerprint density at radius 3 is 2.82 bits per heavy atom. The number of hydrogen-bond acceptors (Lipinski definition) is 6. The number of ether oxygens (including phenoxy) is 2. The number of hydrogen-bond donors (Lipinski definition) is 1. The number of esters is 1. The number of halogens is 1. The number of benzene rings is 1. The molecule has 0 aliphatic rings. The first-order valence-electron chi connectivity index (χ1n) is 6.44. The van der Waals surface area contributed by atoms with Crippen LogP contribution in [-0.2, 0) is 11.3 Å². The summed E-state index contributed by atoms with van der Waals surface area (Å²) < 4.78 is 10.5. The molecular weight excluding hydrogens is 324 g/mol. The Balaban J connectivity index is 2.24. The van der Waals surface area contributed by atoms with Crippen molar-refractivity contribution >= 4 is 34.6 Å². The van der Waals surface area contributed by atoms with Gasteiger partial charge in [0.2, 0.25) is 0 Å². The molecule has 5 nitrogen and oxygen atoms in total. The molecule has 0 saturated carbocycles. The van der Waals surface area contributed by atoms with Crippen LogP contribution in [0.4, 0.5) is 5.69 Å². The first-order valence-corrected chi connectivity index (χ1v) is 7.63. The molecule has 2 aromatic rings. The smallest absolute Gasteiger partial charge is 0.350 e. The van der Waals surface area contributed by atoms with Gasteiger partial charge in [-0.1, -0.05) is 41.1 Å². The zero-order chi connectivity index (χ0) is 16.1. The Hall–Kier alpha value is -2.23. The predicted octanol–water partition coefficient (Wildman–Crippen LogP) is 3.61. The van der Waals surface area contributed by atoms with Crippen molar-refractivity contribution in [3.8, 4) is 11.1 Å². The third-order valence-corrected chi connectivity index (χ3v) is 4.27. The van der Waals surface area contributed by atoms with Crippen molar-refractivity contribution in [2.45, 2.75) is 13.5 Å². The molecule has 0 aliphatic carbocycles. The van der Waals surface area contributed by atoms with Gasteiger partial charge in [-0.15, -0.1) is 0 Å². The first-order chi connectivity index (χ1) is 10.6. The van der Waals surface area contributed by atoms with Gasteiger partial charge in [0.15, 0.2) is 5.06 Å². The second-order valence-corrected chi connectivity index (χ2v) is 5.61. The van der Waals surface area contributed by atoms with Crippen molar-refractivity contribution < 1.29 is 14.3 Å². The van der Waals surface area contributed by atoms with Crippen LogP contribution in [0.25, 0.3) is 0 Å². The summed E-state index contributed by atoms with van der Waals surface area (Å²) in [5.41, 5.74) is 6.82. The molecule has 0 radical (unpaired) electrons. The lowest BCUT2D eigenvalue weighted by Gasteiger charge is -2.05. The van der Waals surface area contributed by atoms with Gasteiger partial charge in [0, 0.05) is 10.6 Å². The van der Waals surface area contributed by atoms with Crippen molar-refractivity contribution in [2.24, 2.45) is 0 Å². The van der Waals surface area contributed by atoms with E-state index in [1.165, 1.54) is 0 Å². The monoisotopic (exact) mass is 336 g/mol. The van der Waals surface area contributed by atoms with Gasteiger partial charge in [-0.05, 0) is 13.0 Å². The third-order valence-electron chi connectivity index (χ3n) is 2.80. The predicted molar refractivity (Wildman–Crippen MR) is 85.2 cm³/mol. The highest BCUT2D eigenvalue weighted by atomic mass is 35.5. The van der Waals surface area contributed by atoms with Crippen LogP contribution in [0.1, 0.15) is 27.7 Å². The van der Waals surface area contributed by atoms with Crippen molar-refractivity contribution in [1.82, 2.24) is 0 Å². The fourth-order valence-corrected chi connectivity index (χ4v) is 2.84. The van der Waals surface area contributed by atoms with E-state index >= 15 is 0 Å². The number of nitriles is 1. The molecule has 0 aliphatic heterocycles. The maximum Gasteiger partial charge on any atom is 0.350 e. The highest BCUT2D eigenvalue weighted by molar-refractivity contribution is 7.16. The van der Waals surface area contributed by atoms with Crippen LogP contribution in [0.2, 0.25) is 5.02 Å². The molecule has 22 heavy (non-hydrogen) atoms. The first kappa shape index (κ1) is 16.1. The van der Waals surface area contributed by atoms with E-state index in [0.717, 1.165) is 16.9 Å². The molecular formula is C15H13ClN2O3S. The van der Waals surface area contributed by atoms with Gasteiger partial charge in [0.25, 0.3) is 0 Å². The standard InChI is InChI=1S/C15H13ClN2O3S/c1-2-20-14(19)13-12(18)10(7-17)15(22-13)21-8-9-5-3-4-6-11(9)16/h3-6H,2,8,18H2,1H3. The van der Waals surface area contributed by atoms with Gasteiger partial charge in [-0.25, -0.2) is 4.79 Å². The Kier molecular flexibility index (Phi) is 5.26. The van der Waals surface area contributed by atoms with E-state index in [4.69, 9.17) is 26.8 Å². The molecule has 1 aromatic heterocycles. The fraction of sp³-hybridized carbons (Fsp3) is 0.200. The topological polar surface area (TPSA) is 85.3 Å². The van der Waals surface area contributed by atoms with Crippen LogP contribution in [0.5, 0.6) is 5.06 Å². The molecule has 2 N–H and O–H groups in total. The zero-order valence-electron chi connectivity index (χ0n) is 11.8. The summed E-state index contributed by atoms with van der Waals surface area (Å²) in [6, 6.07) is 9.17. The molecule has 1 heterocycles. The summed E-state index contributed by atoms with van der Waals surface area (Å²) in [6.45, 7) is 2.10. The molecule has 1 aromatic carbocycles. The Labute approximate surface area is 136 Å². The third kappa shape index (κ3) is 3.32. The number of nitrogens with two attached hydrogens (primary N) is 1. The normalized spacial score (nSPS) is 10.0. The van der Waals surface area contributed by atoms with Crippen LogP contribution >= 0.6 is 22.9 Å². The Bertz CT molecular complexity index is 737. The van der Waals surface area contributed by atoms with Crippen LogP contribution < -0.4 is 10.5 Å². The SMILES string of the molecule is CCOC(=O)c1sc(OCc2ccccc2Cl)c(C#N)c1N. The minimum Gasteiger partial charge on any atom is -0.478 e. The lowest BCUT2D eigenvalue weighted by Crippen LogP contribution is -2.05. The molecule has 0 spiro atoms. The number of carbonyl (C=O) groups is 1. The highest BCUT2D eigenvalue weighted by Gasteiger charge is 2.23. The van der Waals surface area contributed by atoms with E-state index in [2.05, 4.69) is 0 Å². The van der Waals surface area contributed by atoms with Gasteiger partial charge in [0.1, 0.15) is 23.1 Å². The summed E-state index contributed by atoms with van der Waals surface area (Å²) in [7, 11) is 0. The average molecular weight is 337 g/mol. The van der Waals surface area contributed by atoms with E-state index in [1.807, 2.05) is 24.3 Å². The minimum atomic E-state index is -0.561. The van der Waals surface area contributed by atoms with Crippen LogP contribution in [0, 0.1) is 11.3 Å². The molecule has 2 rings (SSSR count). The van der Waals surface area contributed by atoms with Crippen LogP contribution in [0.15, 0.2) is 24.3 Å². The molecule has 0 atom stereocenters. The number of rotatable bonds is 5. The summed E-state index contributed by atoms with van der Waals surface area (Å²) in [6.07, 6.45) is 0. The van der Waals surface area contributed by atoms with Gasteiger partial charge >= 0.3 is 5.97 Å². The van der Waals surface area contributed by atoms with E-state index < -0.39 is 5.97 Å². The van der Waals surface area contributed by atoms with Gasteiger partial charge < -0.3 is 15.2 Å². The van der Waals surface area contributed by atoms with Crippen molar-refractivity contribution in [3.05, 3.63) is 45.3 Å². The fourth-order valence-electron chi connectivity index (χ4n) is 1.74. The van der Waals surface area contributed by atoms with Crippen LogP contribution in [-0.4, -0.2) is 12.6 Å². The van der Waals surface area contributed by atoms with E-state index in [1.54, 1.807) is 13.0 Å². The molecule has 7 heteroatoms. The number of thiophene rings is 1. The number of anilines is 1. The van der Waals surface area contributed by atoms with E-state index in [9.17, 15) is 10.1 Å². The van der Waals surface area contributed by atoms with Gasteiger partial charge in [-0.3, -0.25) is 0 Å². The summed E-state index contributed by atoms with van der Waals surface area (Å²) in [5, 5.41) is 10.0.